The van der Waals surface area contributed by atoms with Crippen LogP contribution in [0.5, 0.6) is 0 Å². The molecule has 1 unspecified atom stereocenters. The minimum absolute atomic E-state index is 0.163. The molecule has 4 heteroatoms. The molecule has 0 aromatic rings. The van der Waals surface area contributed by atoms with E-state index in [1.807, 2.05) is 0 Å². The number of carbonyl (C=O) groups is 1. The summed E-state index contributed by atoms with van der Waals surface area (Å²) in [6.07, 6.45) is 2.25. The average Bonchev–Trinajstić information content (AvgIpc) is 2.80. The molecule has 0 aromatic heterocycles. The van der Waals surface area contributed by atoms with Crippen LogP contribution in [0.4, 0.5) is 4.79 Å². The zero-order chi connectivity index (χ0) is 8.55. The molecule has 0 radical (unpaired) electrons. The first-order valence-electron chi connectivity index (χ1n) is 4.44. The molecule has 1 amide bonds. The summed E-state index contributed by atoms with van der Waals surface area (Å²) in [6.45, 7) is 1.90. The van der Waals surface area contributed by atoms with Gasteiger partial charge in [-0.1, -0.05) is 0 Å². The Hall–Kier alpha value is -0.770. The van der Waals surface area contributed by atoms with Gasteiger partial charge in [0.15, 0.2) is 0 Å². The SMILES string of the molecule is NC(CN1CCOC1=O)C1CC1. The van der Waals surface area contributed by atoms with Crippen molar-refractivity contribution >= 4 is 6.09 Å². The van der Waals surface area contributed by atoms with Crippen molar-refractivity contribution in [3.8, 4) is 0 Å². The number of nitrogens with two attached hydrogens (primary N) is 1. The summed E-state index contributed by atoms with van der Waals surface area (Å²) < 4.78 is 4.80. The highest BCUT2D eigenvalue weighted by Gasteiger charge is 2.32. The fourth-order valence-electron chi connectivity index (χ4n) is 1.52. The summed E-state index contributed by atoms with van der Waals surface area (Å²) >= 11 is 0. The topological polar surface area (TPSA) is 55.6 Å². The Morgan fingerprint density at radius 1 is 1.67 bits per heavy atom. The summed E-state index contributed by atoms with van der Waals surface area (Å²) in [4.78, 5) is 12.7. The smallest absolute Gasteiger partial charge is 0.409 e. The van der Waals surface area contributed by atoms with Gasteiger partial charge in [-0.05, 0) is 18.8 Å². The minimum Gasteiger partial charge on any atom is -0.448 e. The molecule has 68 valence electrons. The van der Waals surface area contributed by atoms with Crippen LogP contribution >= 0.6 is 0 Å². The van der Waals surface area contributed by atoms with Crippen LogP contribution in [0.25, 0.3) is 0 Å². The highest BCUT2D eigenvalue weighted by Crippen LogP contribution is 2.32. The molecular weight excluding hydrogens is 156 g/mol. The minimum atomic E-state index is -0.203. The van der Waals surface area contributed by atoms with E-state index in [1.165, 1.54) is 12.8 Å². The average molecular weight is 170 g/mol. The van der Waals surface area contributed by atoms with E-state index in [-0.39, 0.29) is 12.1 Å². The molecule has 1 saturated carbocycles. The third kappa shape index (κ3) is 1.53. The predicted molar refractivity (Wildman–Crippen MR) is 43.6 cm³/mol. The molecule has 1 aliphatic carbocycles. The first-order valence-corrected chi connectivity index (χ1v) is 4.44. The number of carbonyl (C=O) groups excluding carboxylic acids is 1. The fourth-order valence-corrected chi connectivity index (χ4v) is 1.52. The lowest BCUT2D eigenvalue weighted by Crippen LogP contribution is -2.39. The van der Waals surface area contributed by atoms with Crippen LogP contribution in [0.1, 0.15) is 12.8 Å². The Bertz CT molecular complexity index is 191. The number of amides is 1. The molecule has 1 heterocycles. The zero-order valence-corrected chi connectivity index (χ0v) is 7.03. The van der Waals surface area contributed by atoms with Crippen molar-refractivity contribution in [3.05, 3.63) is 0 Å². The van der Waals surface area contributed by atoms with E-state index < -0.39 is 0 Å². The van der Waals surface area contributed by atoms with Crippen molar-refractivity contribution in [2.45, 2.75) is 18.9 Å². The predicted octanol–water partition coefficient (Wildman–Crippen LogP) is 0.176. The second-order valence-electron chi connectivity index (χ2n) is 3.56. The van der Waals surface area contributed by atoms with Crippen molar-refractivity contribution in [1.29, 1.82) is 0 Å². The normalized spacial score (nSPS) is 25.8. The van der Waals surface area contributed by atoms with Crippen molar-refractivity contribution in [3.63, 3.8) is 0 Å². The largest absolute Gasteiger partial charge is 0.448 e. The Morgan fingerprint density at radius 2 is 2.42 bits per heavy atom. The molecule has 1 atom stereocenters. The second-order valence-corrected chi connectivity index (χ2v) is 3.56. The molecule has 4 nitrogen and oxygen atoms in total. The molecule has 0 aromatic carbocycles. The highest BCUT2D eigenvalue weighted by molar-refractivity contribution is 5.69. The van der Waals surface area contributed by atoms with Crippen molar-refractivity contribution in [1.82, 2.24) is 4.90 Å². The van der Waals surface area contributed by atoms with Crippen LogP contribution in [0.2, 0.25) is 0 Å². The second kappa shape index (κ2) is 2.94. The van der Waals surface area contributed by atoms with Gasteiger partial charge in [-0.25, -0.2) is 4.79 Å². The van der Waals surface area contributed by atoms with E-state index in [1.54, 1.807) is 4.90 Å². The molecular formula is C8H14N2O2. The van der Waals surface area contributed by atoms with Crippen molar-refractivity contribution < 1.29 is 9.53 Å². The van der Waals surface area contributed by atoms with Crippen LogP contribution < -0.4 is 5.73 Å². The Labute approximate surface area is 71.7 Å². The van der Waals surface area contributed by atoms with E-state index in [2.05, 4.69) is 0 Å². The molecule has 2 fully saturated rings. The highest BCUT2D eigenvalue weighted by atomic mass is 16.6. The first-order chi connectivity index (χ1) is 5.77. The maximum atomic E-state index is 11.0. The fraction of sp³-hybridized carbons (Fsp3) is 0.875. The molecule has 0 bridgehead atoms. The summed E-state index contributed by atoms with van der Waals surface area (Å²) in [6, 6.07) is 0.163. The summed E-state index contributed by atoms with van der Waals surface area (Å²) in [7, 11) is 0. The number of cyclic esters (lactones) is 1. The quantitative estimate of drug-likeness (QED) is 0.657. The molecule has 12 heavy (non-hydrogen) atoms. The lowest BCUT2D eigenvalue weighted by Gasteiger charge is -2.17. The summed E-state index contributed by atoms with van der Waals surface area (Å²) in [5.74, 6) is 0.651. The third-order valence-electron chi connectivity index (χ3n) is 2.50. The standard InChI is InChI=1S/C8H14N2O2/c9-7(6-1-2-6)5-10-3-4-12-8(10)11/h6-7H,1-5,9H2. The number of hydrogen-bond acceptors (Lipinski definition) is 3. The van der Waals surface area contributed by atoms with Gasteiger partial charge >= 0.3 is 6.09 Å². The molecule has 0 spiro atoms. The maximum absolute atomic E-state index is 11.0. The molecule has 1 aliphatic heterocycles. The first kappa shape index (κ1) is 7.86. The van der Waals surface area contributed by atoms with Gasteiger partial charge in [0.1, 0.15) is 6.61 Å². The maximum Gasteiger partial charge on any atom is 0.409 e. The van der Waals surface area contributed by atoms with Crippen LogP contribution in [0.15, 0.2) is 0 Å². The van der Waals surface area contributed by atoms with Gasteiger partial charge in [-0.3, -0.25) is 0 Å². The van der Waals surface area contributed by atoms with Gasteiger partial charge < -0.3 is 15.4 Å². The summed E-state index contributed by atoms with van der Waals surface area (Å²) in [5.41, 5.74) is 5.87. The lowest BCUT2D eigenvalue weighted by molar-refractivity contribution is 0.156. The van der Waals surface area contributed by atoms with Gasteiger partial charge in [0.05, 0.1) is 6.54 Å². The van der Waals surface area contributed by atoms with Gasteiger partial charge in [-0.2, -0.15) is 0 Å². The van der Waals surface area contributed by atoms with E-state index in [0.29, 0.717) is 25.6 Å². The van der Waals surface area contributed by atoms with Crippen molar-refractivity contribution in [2.24, 2.45) is 11.7 Å². The lowest BCUT2D eigenvalue weighted by atomic mass is 10.2. The van der Waals surface area contributed by atoms with Crippen LogP contribution in [0, 0.1) is 5.92 Å². The Kier molecular flexibility index (Phi) is 1.92. The van der Waals surface area contributed by atoms with Crippen LogP contribution in [0.3, 0.4) is 0 Å². The monoisotopic (exact) mass is 170 g/mol. The molecule has 2 aliphatic rings. The van der Waals surface area contributed by atoms with Crippen LogP contribution in [-0.2, 0) is 4.74 Å². The summed E-state index contributed by atoms with van der Waals surface area (Å²) in [5, 5.41) is 0. The van der Waals surface area contributed by atoms with Gasteiger partial charge in [0, 0.05) is 12.6 Å². The number of ether oxygens (including phenoxy) is 1. The van der Waals surface area contributed by atoms with E-state index >= 15 is 0 Å². The van der Waals surface area contributed by atoms with Gasteiger partial charge in [0.2, 0.25) is 0 Å². The van der Waals surface area contributed by atoms with E-state index in [9.17, 15) is 4.79 Å². The Morgan fingerprint density at radius 3 is 2.92 bits per heavy atom. The van der Waals surface area contributed by atoms with Crippen molar-refractivity contribution in [2.75, 3.05) is 19.7 Å². The Balaban J connectivity index is 1.80. The van der Waals surface area contributed by atoms with E-state index in [4.69, 9.17) is 10.5 Å². The third-order valence-corrected chi connectivity index (χ3v) is 2.50. The van der Waals surface area contributed by atoms with E-state index in [0.717, 1.165) is 0 Å². The zero-order valence-electron chi connectivity index (χ0n) is 7.03. The number of nitrogens with zero attached hydrogens (tertiary/aromatic N) is 1. The molecule has 1 saturated heterocycles. The number of hydrogen-bond donors (Lipinski definition) is 1. The molecule has 2 rings (SSSR count). The van der Waals surface area contributed by atoms with Gasteiger partial charge in [0.25, 0.3) is 0 Å². The van der Waals surface area contributed by atoms with Crippen LogP contribution in [-0.4, -0.2) is 36.7 Å². The van der Waals surface area contributed by atoms with Gasteiger partial charge in [-0.15, -0.1) is 0 Å². The number of rotatable bonds is 3. The molecule has 2 N–H and O–H groups in total.